The van der Waals surface area contributed by atoms with Crippen LogP contribution in [-0.4, -0.2) is 14.2 Å². The predicted octanol–water partition coefficient (Wildman–Crippen LogP) is 3.62. The Kier molecular flexibility index (Phi) is 5.01. The van der Waals surface area contributed by atoms with E-state index in [0.717, 1.165) is 22.6 Å². The minimum atomic E-state index is -0.538. The lowest BCUT2D eigenvalue weighted by atomic mass is 9.83. The zero-order valence-electron chi connectivity index (χ0n) is 12.5. The second-order valence-corrected chi connectivity index (χ2v) is 4.76. The van der Waals surface area contributed by atoms with Crippen LogP contribution in [-0.2, 0) is 0 Å². The van der Waals surface area contributed by atoms with E-state index in [2.05, 4.69) is 12.1 Å². The van der Waals surface area contributed by atoms with Crippen LogP contribution in [0.3, 0.4) is 0 Å². The first-order valence-electron chi connectivity index (χ1n) is 6.80. The van der Waals surface area contributed by atoms with Crippen LogP contribution in [0.25, 0.3) is 0 Å². The summed E-state index contributed by atoms with van der Waals surface area (Å²) in [5.74, 6) is 0.366. The minimum absolute atomic E-state index is 0.538. The Morgan fingerprint density at radius 3 is 1.23 bits per heavy atom. The van der Waals surface area contributed by atoms with Crippen molar-refractivity contribution in [3.8, 4) is 23.6 Å². The number of rotatable bonds is 5. The van der Waals surface area contributed by atoms with Gasteiger partial charge < -0.3 is 9.47 Å². The number of ether oxygens (including phenoxy) is 2. The Morgan fingerprint density at radius 1 is 0.682 bits per heavy atom. The first-order chi connectivity index (χ1) is 10.7. The van der Waals surface area contributed by atoms with E-state index in [1.54, 1.807) is 38.5 Å². The normalized spacial score (nSPS) is 12.5. The van der Waals surface area contributed by atoms with Crippen molar-refractivity contribution in [1.29, 1.82) is 10.5 Å². The lowest BCUT2D eigenvalue weighted by molar-refractivity contribution is 0.414. The molecule has 0 bridgehead atoms. The van der Waals surface area contributed by atoms with E-state index in [9.17, 15) is 10.5 Å². The quantitative estimate of drug-likeness (QED) is 0.844. The molecule has 2 unspecified atom stereocenters. The molecule has 0 aromatic heterocycles. The van der Waals surface area contributed by atoms with E-state index in [0.29, 0.717) is 0 Å². The number of methoxy groups -OCH3 is 2. The van der Waals surface area contributed by atoms with Gasteiger partial charge in [0.15, 0.2) is 0 Å². The van der Waals surface area contributed by atoms with E-state index in [-0.39, 0.29) is 0 Å². The van der Waals surface area contributed by atoms with Crippen molar-refractivity contribution in [2.45, 2.75) is 11.8 Å². The van der Waals surface area contributed by atoms with Gasteiger partial charge in [0.05, 0.1) is 38.2 Å². The molecule has 0 N–H and O–H groups in total. The summed E-state index contributed by atoms with van der Waals surface area (Å²) in [6.45, 7) is 0. The number of hydrogen-bond donors (Lipinski definition) is 0. The van der Waals surface area contributed by atoms with E-state index >= 15 is 0 Å². The summed E-state index contributed by atoms with van der Waals surface area (Å²) >= 11 is 0. The van der Waals surface area contributed by atoms with Gasteiger partial charge in [-0.05, 0) is 35.4 Å². The van der Waals surface area contributed by atoms with Gasteiger partial charge in [-0.3, -0.25) is 0 Å². The predicted molar refractivity (Wildman–Crippen MR) is 82.7 cm³/mol. The Balaban J connectivity index is 2.33. The number of hydrogen-bond acceptors (Lipinski definition) is 4. The second kappa shape index (κ2) is 7.15. The zero-order chi connectivity index (χ0) is 15.9. The van der Waals surface area contributed by atoms with Crippen LogP contribution in [0, 0.1) is 22.7 Å². The molecule has 0 aliphatic heterocycles. The van der Waals surface area contributed by atoms with Crippen molar-refractivity contribution in [1.82, 2.24) is 0 Å². The van der Waals surface area contributed by atoms with E-state index in [4.69, 9.17) is 9.47 Å². The molecule has 0 saturated carbocycles. The Hall–Kier alpha value is -2.98. The van der Waals surface area contributed by atoms with Gasteiger partial charge in [-0.25, -0.2) is 0 Å². The van der Waals surface area contributed by atoms with Gasteiger partial charge in [0.25, 0.3) is 0 Å². The van der Waals surface area contributed by atoms with E-state index in [1.807, 2.05) is 24.3 Å². The Morgan fingerprint density at radius 2 is 1.00 bits per heavy atom. The van der Waals surface area contributed by atoms with E-state index < -0.39 is 11.8 Å². The highest BCUT2D eigenvalue weighted by molar-refractivity contribution is 5.40. The van der Waals surface area contributed by atoms with Gasteiger partial charge >= 0.3 is 0 Å². The van der Waals surface area contributed by atoms with Crippen molar-refractivity contribution >= 4 is 0 Å². The molecule has 22 heavy (non-hydrogen) atoms. The lowest BCUT2D eigenvalue weighted by Crippen LogP contribution is -2.08. The summed E-state index contributed by atoms with van der Waals surface area (Å²) in [5.41, 5.74) is 1.59. The van der Waals surface area contributed by atoms with Crippen LogP contribution < -0.4 is 9.47 Å². The molecule has 0 heterocycles. The van der Waals surface area contributed by atoms with Crippen molar-refractivity contribution in [2.24, 2.45) is 0 Å². The molecule has 0 amide bonds. The van der Waals surface area contributed by atoms with Crippen LogP contribution >= 0.6 is 0 Å². The zero-order valence-corrected chi connectivity index (χ0v) is 12.5. The molecule has 0 aliphatic carbocycles. The molecule has 0 saturated heterocycles. The highest BCUT2D eigenvalue weighted by Gasteiger charge is 2.24. The van der Waals surface area contributed by atoms with Crippen molar-refractivity contribution in [3.05, 3.63) is 59.7 Å². The lowest BCUT2D eigenvalue weighted by Gasteiger charge is -2.17. The molecule has 0 aliphatic rings. The third-order valence-corrected chi connectivity index (χ3v) is 3.56. The van der Waals surface area contributed by atoms with Crippen LogP contribution in [0.15, 0.2) is 48.5 Å². The summed E-state index contributed by atoms with van der Waals surface area (Å²) in [6, 6.07) is 18.9. The van der Waals surface area contributed by atoms with Crippen LogP contribution in [0.5, 0.6) is 11.5 Å². The average Bonchev–Trinajstić information content (AvgIpc) is 2.60. The fourth-order valence-electron chi connectivity index (χ4n) is 2.31. The average molecular weight is 292 g/mol. The maximum absolute atomic E-state index is 9.51. The van der Waals surface area contributed by atoms with Gasteiger partial charge in [0, 0.05) is 0 Å². The largest absolute Gasteiger partial charge is 0.497 e. The number of benzene rings is 2. The van der Waals surface area contributed by atoms with Gasteiger partial charge in [0.1, 0.15) is 11.5 Å². The fourth-order valence-corrected chi connectivity index (χ4v) is 2.31. The van der Waals surface area contributed by atoms with Crippen LogP contribution in [0.2, 0.25) is 0 Å². The highest BCUT2D eigenvalue weighted by atomic mass is 16.5. The third-order valence-electron chi connectivity index (χ3n) is 3.56. The summed E-state index contributed by atoms with van der Waals surface area (Å²) in [5, 5.41) is 19.0. The van der Waals surface area contributed by atoms with Crippen LogP contribution in [0.4, 0.5) is 0 Å². The molecule has 2 aromatic carbocycles. The topological polar surface area (TPSA) is 66.0 Å². The maximum Gasteiger partial charge on any atom is 0.118 e. The van der Waals surface area contributed by atoms with Gasteiger partial charge in [0.2, 0.25) is 0 Å². The van der Waals surface area contributed by atoms with Crippen molar-refractivity contribution < 1.29 is 9.47 Å². The van der Waals surface area contributed by atoms with Crippen molar-refractivity contribution in [3.63, 3.8) is 0 Å². The van der Waals surface area contributed by atoms with Gasteiger partial charge in [-0.2, -0.15) is 10.5 Å². The Labute approximate surface area is 130 Å². The summed E-state index contributed by atoms with van der Waals surface area (Å²) in [4.78, 5) is 0. The fraction of sp³-hybridized carbons (Fsp3) is 0.222. The molecule has 0 fully saturated rings. The monoisotopic (exact) mass is 292 g/mol. The SMILES string of the molecule is COc1ccc(C(C#N)C(C#N)c2ccc(OC)cc2)cc1. The summed E-state index contributed by atoms with van der Waals surface area (Å²) < 4.78 is 10.2. The highest BCUT2D eigenvalue weighted by Crippen LogP contribution is 2.33. The van der Waals surface area contributed by atoms with Gasteiger partial charge in [-0.1, -0.05) is 24.3 Å². The first kappa shape index (κ1) is 15.4. The molecular weight excluding hydrogens is 276 g/mol. The Bertz CT molecular complexity index is 630. The van der Waals surface area contributed by atoms with Crippen LogP contribution in [0.1, 0.15) is 23.0 Å². The van der Waals surface area contributed by atoms with Gasteiger partial charge in [-0.15, -0.1) is 0 Å². The molecule has 0 radical (unpaired) electrons. The molecule has 2 rings (SSSR count). The first-order valence-corrected chi connectivity index (χ1v) is 6.80. The number of nitriles is 2. The smallest absolute Gasteiger partial charge is 0.118 e. The molecule has 4 heteroatoms. The molecule has 2 aromatic rings. The molecule has 2 atom stereocenters. The standard InChI is InChI=1S/C18H16N2O2/c1-21-15-7-3-13(4-8-15)17(11-19)18(12-20)14-5-9-16(22-2)10-6-14/h3-10,17-18H,1-2H3. The van der Waals surface area contributed by atoms with Crippen molar-refractivity contribution in [2.75, 3.05) is 14.2 Å². The third kappa shape index (κ3) is 3.19. The minimum Gasteiger partial charge on any atom is -0.497 e. The second-order valence-electron chi connectivity index (χ2n) is 4.76. The number of nitrogens with zero attached hydrogens (tertiary/aromatic N) is 2. The van der Waals surface area contributed by atoms with E-state index in [1.165, 1.54) is 0 Å². The summed E-state index contributed by atoms with van der Waals surface area (Å²) in [7, 11) is 3.18. The maximum atomic E-state index is 9.51. The molecular formula is C18H16N2O2. The molecule has 0 spiro atoms. The summed E-state index contributed by atoms with van der Waals surface area (Å²) in [6.07, 6.45) is 0. The molecule has 4 nitrogen and oxygen atoms in total. The molecule has 110 valence electrons.